The SMILES string of the molecule is CCNc1nc(C)nc(N2CCN3C(=O)NCC3C2)c1C. The van der Waals surface area contributed by atoms with Crippen molar-refractivity contribution >= 4 is 17.7 Å². The van der Waals surface area contributed by atoms with Gasteiger partial charge in [-0.15, -0.1) is 0 Å². The lowest BCUT2D eigenvalue weighted by molar-refractivity contribution is 0.197. The minimum absolute atomic E-state index is 0.0589. The highest BCUT2D eigenvalue weighted by atomic mass is 16.2. The lowest BCUT2D eigenvalue weighted by Crippen LogP contribution is -2.52. The molecule has 2 N–H and O–H groups in total. The minimum atomic E-state index is 0.0589. The van der Waals surface area contributed by atoms with E-state index in [9.17, 15) is 4.79 Å². The largest absolute Gasteiger partial charge is 0.370 e. The molecule has 114 valence electrons. The molecular weight excluding hydrogens is 268 g/mol. The Morgan fingerprint density at radius 1 is 1.33 bits per heavy atom. The van der Waals surface area contributed by atoms with Crippen LogP contribution in [0.4, 0.5) is 16.4 Å². The van der Waals surface area contributed by atoms with Gasteiger partial charge in [-0.05, 0) is 20.8 Å². The topological polar surface area (TPSA) is 73.4 Å². The van der Waals surface area contributed by atoms with Crippen molar-refractivity contribution in [1.29, 1.82) is 0 Å². The molecule has 0 aromatic carbocycles. The summed E-state index contributed by atoms with van der Waals surface area (Å²) in [6, 6.07) is 0.298. The molecule has 2 amide bonds. The molecule has 2 aliphatic heterocycles. The molecule has 0 aliphatic carbocycles. The number of urea groups is 1. The van der Waals surface area contributed by atoms with Crippen LogP contribution in [-0.4, -0.2) is 59.7 Å². The highest BCUT2D eigenvalue weighted by Crippen LogP contribution is 2.26. The third-order valence-corrected chi connectivity index (χ3v) is 4.11. The molecule has 0 saturated carbocycles. The molecule has 2 fully saturated rings. The summed E-state index contributed by atoms with van der Waals surface area (Å²) in [4.78, 5) is 25.0. The molecule has 3 heterocycles. The van der Waals surface area contributed by atoms with Crippen LogP contribution in [0.25, 0.3) is 0 Å². The summed E-state index contributed by atoms with van der Waals surface area (Å²) in [5.41, 5.74) is 1.08. The lowest BCUT2D eigenvalue weighted by Gasteiger charge is -2.37. The first-order valence-electron chi connectivity index (χ1n) is 7.48. The second kappa shape index (κ2) is 5.38. The summed E-state index contributed by atoms with van der Waals surface area (Å²) in [5, 5.41) is 6.20. The fourth-order valence-corrected chi connectivity index (χ4v) is 3.06. The number of aromatic nitrogens is 2. The minimum Gasteiger partial charge on any atom is -0.370 e. The number of fused-ring (bicyclic) bond motifs is 1. The van der Waals surface area contributed by atoms with Crippen LogP contribution in [0.2, 0.25) is 0 Å². The molecule has 21 heavy (non-hydrogen) atoms. The predicted octanol–water partition coefficient (Wildman–Crippen LogP) is 0.739. The smallest absolute Gasteiger partial charge is 0.317 e. The van der Waals surface area contributed by atoms with Crippen molar-refractivity contribution in [3.05, 3.63) is 11.4 Å². The fraction of sp³-hybridized carbons (Fsp3) is 0.643. The van der Waals surface area contributed by atoms with Gasteiger partial charge in [0.05, 0.1) is 6.04 Å². The maximum Gasteiger partial charge on any atom is 0.317 e. The van der Waals surface area contributed by atoms with E-state index in [-0.39, 0.29) is 12.1 Å². The Morgan fingerprint density at radius 2 is 2.14 bits per heavy atom. The van der Waals surface area contributed by atoms with E-state index in [2.05, 4.69) is 39.3 Å². The van der Waals surface area contributed by atoms with Crippen molar-refractivity contribution in [3.8, 4) is 0 Å². The van der Waals surface area contributed by atoms with E-state index >= 15 is 0 Å². The molecule has 1 unspecified atom stereocenters. The van der Waals surface area contributed by atoms with E-state index in [0.717, 1.165) is 55.7 Å². The third-order valence-electron chi connectivity index (χ3n) is 4.11. The Balaban J connectivity index is 1.85. The zero-order chi connectivity index (χ0) is 15.0. The first-order valence-corrected chi connectivity index (χ1v) is 7.48. The standard InChI is InChI=1S/C14H22N6O/c1-4-15-12-9(2)13(18-10(3)17-12)19-5-6-20-11(8-19)7-16-14(20)21/h11H,4-8H2,1-3H3,(H,16,21)(H,15,17,18). The van der Waals surface area contributed by atoms with Crippen LogP contribution in [0.3, 0.4) is 0 Å². The van der Waals surface area contributed by atoms with Gasteiger partial charge in [0.1, 0.15) is 17.5 Å². The van der Waals surface area contributed by atoms with Crippen LogP contribution >= 0.6 is 0 Å². The Kier molecular flexibility index (Phi) is 3.57. The number of amides is 2. The van der Waals surface area contributed by atoms with Gasteiger partial charge in [-0.25, -0.2) is 14.8 Å². The van der Waals surface area contributed by atoms with Crippen LogP contribution < -0.4 is 15.5 Å². The van der Waals surface area contributed by atoms with Gasteiger partial charge in [0, 0.05) is 38.3 Å². The average Bonchev–Trinajstić information content (AvgIpc) is 2.84. The molecule has 3 rings (SSSR count). The van der Waals surface area contributed by atoms with E-state index in [0.29, 0.717) is 0 Å². The van der Waals surface area contributed by atoms with Gasteiger partial charge in [-0.1, -0.05) is 0 Å². The summed E-state index contributed by atoms with van der Waals surface area (Å²) < 4.78 is 0. The molecule has 0 spiro atoms. The van der Waals surface area contributed by atoms with Gasteiger partial charge in [-0.2, -0.15) is 0 Å². The Hall–Kier alpha value is -2.05. The van der Waals surface area contributed by atoms with Crippen molar-refractivity contribution in [1.82, 2.24) is 20.2 Å². The highest BCUT2D eigenvalue weighted by Gasteiger charge is 2.36. The Labute approximate surface area is 124 Å². The normalized spacial score (nSPS) is 21.3. The second-order valence-corrected chi connectivity index (χ2v) is 5.58. The molecular formula is C14H22N6O. The maximum atomic E-state index is 11.7. The quantitative estimate of drug-likeness (QED) is 0.859. The number of nitrogens with zero attached hydrogens (tertiary/aromatic N) is 4. The van der Waals surface area contributed by atoms with Crippen LogP contribution in [0, 0.1) is 13.8 Å². The number of carbonyl (C=O) groups is 1. The summed E-state index contributed by atoms with van der Waals surface area (Å²) in [6.45, 7) is 9.97. The highest BCUT2D eigenvalue weighted by molar-refractivity contribution is 5.77. The maximum absolute atomic E-state index is 11.7. The van der Waals surface area contributed by atoms with Crippen LogP contribution in [0.5, 0.6) is 0 Å². The number of hydrogen-bond donors (Lipinski definition) is 2. The van der Waals surface area contributed by atoms with Gasteiger partial charge in [-0.3, -0.25) is 0 Å². The molecule has 1 atom stereocenters. The van der Waals surface area contributed by atoms with E-state index in [4.69, 9.17) is 0 Å². The second-order valence-electron chi connectivity index (χ2n) is 5.58. The zero-order valence-corrected chi connectivity index (χ0v) is 12.8. The van der Waals surface area contributed by atoms with E-state index in [1.807, 2.05) is 11.8 Å². The fourth-order valence-electron chi connectivity index (χ4n) is 3.06. The monoisotopic (exact) mass is 290 g/mol. The third kappa shape index (κ3) is 2.48. The first kappa shape index (κ1) is 13.9. The molecule has 2 aliphatic rings. The van der Waals surface area contributed by atoms with Crippen LogP contribution in [0.1, 0.15) is 18.3 Å². The van der Waals surface area contributed by atoms with Crippen molar-refractivity contribution in [2.45, 2.75) is 26.8 Å². The molecule has 0 radical (unpaired) electrons. The van der Waals surface area contributed by atoms with Crippen LogP contribution in [0.15, 0.2) is 0 Å². The number of carbonyl (C=O) groups excluding carboxylic acids is 1. The molecule has 7 heteroatoms. The van der Waals surface area contributed by atoms with Crippen molar-refractivity contribution in [2.24, 2.45) is 0 Å². The molecule has 0 bridgehead atoms. The number of nitrogens with one attached hydrogen (secondary N) is 2. The number of piperazine rings is 1. The summed E-state index contributed by atoms with van der Waals surface area (Å²) in [7, 11) is 0. The van der Waals surface area contributed by atoms with Gasteiger partial charge in [0.25, 0.3) is 0 Å². The van der Waals surface area contributed by atoms with Gasteiger partial charge < -0.3 is 20.4 Å². The molecule has 1 aromatic heterocycles. The van der Waals surface area contributed by atoms with E-state index in [1.165, 1.54) is 0 Å². The number of hydrogen-bond acceptors (Lipinski definition) is 5. The van der Waals surface area contributed by atoms with Crippen LogP contribution in [-0.2, 0) is 0 Å². The molecule has 1 aromatic rings. The first-order chi connectivity index (χ1) is 10.1. The number of aryl methyl sites for hydroxylation is 1. The average molecular weight is 290 g/mol. The molecule has 2 saturated heterocycles. The van der Waals surface area contributed by atoms with E-state index in [1.54, 1.807) is 0 Å². The Morgan fingerprint density at radius 3 is 2.90 bits per heavy atom. The number of anilines is 2. The molecule has 7 nitrogen and oxygen atoms in total. The Bertz CT molecular complexity index is 561. The summed E-state index contributed by atoms with van der Waals surface area (Å²) in [5.74, 6) is 2.66. The predicted molar refractivity (Wildman–Crippen MR) is 81.8 cm³/mol. The van der Waals surface area contributed by atoms with Gasteiger partial charge in [0.2, 0.25) is 0 Å². The van der Waals surface area contributed by atoms with Crippen molar-refractivity contribution in [3.63, 3.8) is 0 Å². The van der Waals surface area contributed by atoms with E-state index < -0.39 is 0 Å². The number of rotatable bonds is 3. The van der Waals surface area contributed by atoms with Gasteiger partial charge >= 0.3 is 6.03 Å². The zero-order valence-electron chi connectivity index (χ0n) is 12.8. The van der Waals surface area contributed by atoms with Gasteiger partial charge in [0.15, 0.2) is 0 Å². The van der Waals surface area contributed by atoms with Crippen molar-refractivity contribution in [2.75, 3.05) is 42.9 Å². The van der Waals surface area contributed by atoms with Crippen molar-refractivity contribution < 1.29 is 4.79 Å². The summed E-state index contributed by atoms with van der Waals surface area (Å²) >= 11 is 0. The summed E-state index contributed by atoms with van der Waals surface area (Å²) in [6.07, 6.45) is 0. The lowest BCUT2D eigenvalue weighted by atomic mass is 10.1.